The molecular formula is C13H11BrN4O. The van der Waals surface area contributed by atoms with Crippen LogP contribution in [0.2, 0.25) is 0 Å². The summed E-state index contributed by atoms with van der Waals surface area (Å²) in [6.07, 6.45) is 1.57. The van der Waals surface area contributed by atoms with Crippen LogP contribution in [0.3, 0.4) is 0 Å². The van der Waals surface area contributed by atoms with E-state index in [4.69, 9.17) is 5.26 Å². The smallest absolute Gasteiger partial charge is 0.238 e. The molecular weight excluding hydrogens is 308 g/mol. The molecule has 0 fully saturated rings. The lowest BCUT2D eigenvalue weighted by Gasteiger charge is -2.07. The highest BCUT2D eigenvalue weighted by molar-refractivity contribution is 9.10. The highest BCUT2D eigenvalue weighted by Gasteiger charge is 2.09. The van der Waals surface area contributed by atoms with Crippen molar-refractivity contribution in [1.82, 2.24) is 9.78 Å². The highest BCUT2D eigenvalue weighted by atomic mass is 79.9. The number of halogens is 1. The summed E-state index contributed by atoms with van der Waals surface area (Å²) in [5, 5.41) is 15.3. The molecule has 0 atom stereocenters. The number of aryl methyl sites for hydroxylation is 1. The predicted molar refractivity (Wildman–Crippen MR) is 75.2 cm³/mol. The zero-order valence-corrected chi connectivity index (χ0v) is 11.8. The van der Waals surface area contributed by atoms with Crippen molar-refractivity contribution in [3.05, 3.63) is 34.9 Å². The SMILES string of the molecule is Cn1ncc(Br)c1-c1cccc(NC(=O)CC#N)c1. The van der Waals surface area contributed by atoms with Crippen LogP contribution in [0.1, 0.15) is 6.42 Å². The Morgan fingerprint density at radius 2 is 2.37 bits per heavy atom. The lowest BCUT2D eigenvalue weighted by atomic mass is 10.1. The molecule has 5 nitrogen and oxygen atoms in total. The molecule has 0 saturated carbocycles. The first-order valence-corrected chi connectivity index (χ1v) is 6.36. The number of rotatable bonds is 3. The quantitative estimate of drug-likeness (QED) is 0.945. The third kappa shape index (κ3) is 3.01. The van der Waals surface area contributed by atoms with E-state index in [1.165, 1.54) is 0 Å². The van der Waals surface area contributed by atoms with Crippen molar-refractivity contribution in [3.63, 3.8) is 0 Å². The summed E-state index contributed by atoms with van der Waals surface area (Å²) in [6.45, 7) is 0. The fourth-order valence-corrected chi connectivity index (χ4v) is 2.33. The van der Waals surface area contributed by atoms with Crippen molar-refractivity contribution in [3.8, 4) is 17.3 Å². The van der Waals surface area contributed by atoms with Gasteiger partial charge in [0.05, 0.1) is 22.4 Å². The first kappa shape index (κ1) is 13.3. The van der Waals surface area contributed by atoms with Crippen LogP contribution in [0.4, 0.5) is 5.69 Å². The molecule has 96 valence electrons. The molecule has 0 bridgehead atoms. The first-order chi connectivity index (χ1) is 9.11. The van der Waals surface area contributed by atoms with E-state index >= 15 is 0 Å². The third-order valence-electron chi connectivity index (χ3n) is 2.55. The van der Waals surface area contributed by atoms with Crippen LogP contribution in [-0.2, 0) is 11.8 Å². The number of amides is 1. The van der Waals surface area contributed by atoms with E-state index in [2.05, 4.69) is 26.3 Å². The molecule has 1 amide bonds. The van der Waals surface area contributed by atoms with E-state index in [9.17, 15) is 4.79 Å². The van der Waals surface area contributed by atoms with Crippen LogP contribution in [0.15, 0.2) is 34.9 Å². The number of hydrogen-bond donors (Lipinski definition) is 1. The van der Waals surface area contributed by atoms with Gasteiger partial charge in [-0.1, -0.05) is 12.1 Å². The fraction of sp³-hybridized carbons (Fsp3) is 0.154. The third-order valence-corrected chi connectivity index (χ3v) is 3.13. The van der Waals surface area contributed by atoms with E-state index in [-0.39, 0.29) is 12.3 Å². The number of carbonyl (C=O) groups excluding carboxylic acids is 1. The van der Waals surface area contributed by atoms with Crippen molar-refractivity contribution in [2.75, 3.05) is 5.32 Å². The lowest BCUT2D eigenvalue weighted by molar-refractivity contribution is -0.115. The van der Waals surface area contributed by atoms with Gasteiger partial charge in [0.2, 0.25) is 5.91 Å². The number of nitrogens with one attached hydrogen (secondary N) is 1. The topological polar surface area (TPSA) is 70.7 Å². The van der Waals surface area contributed by atoms with E-state index < -0.39 is 0 Å². The Kier molecular flexibility index (Phi) is 3.97. The second-order valence-electron chi connectivity index (χ2n) is 3.93. The van der Waals surface area contributed by atoms with Gasteiger partial charge in [-0.2, -0.15) is 10.4 Å². The van der Waals surface area contributed by atoms with Crippen molar-refractivity contribution >= 4 is 27.5 Å². The van der Waals surface area contributed by atoms with Gasteiger partial charge in [-0.25, -0.2) is 0 Å². The minimum atomic E-state index is -0.316. The van der Waals surface area contributed by atoms with Crippen LogP contribution < -0.4 is 5.32 Å². The molecule has 1 aromatic heterocycles. The van der Waals surface area contributed by atoms with E-state index in [0.717, 1.165) is 15.7 Å². The second-order valence-corrected chi connectivity index (χ2v) is 4.78. The Bertz CT molecular complexity index is 637. The number of nitriles is 1. The molecule has 2 aromatic rings. The van der Waals surface area contributed by atoms with Crippen LogP contribution in [-0.4, -0.2) is 15.7 Å². The normalized spacial score (nSPS) is 9.95. The maximum absolute atomic E-state index is 11.4. The molecule has 1 aromatic carbocycles. The molecule has 0 radical (unpaired) electrons. The monoisotopic (exact) mass is 318 g/mol. The van der Waals surface area contributed by atoms with E-state index in [0.29, 0.717) is 5.69 Å². The maximum Gasteiger partial charge on any atom is 0.238 e. The molecule has 6 heteroatoms. The Morgan fingerprint density at radius 3 is 3.00 bits per heavy atom. The maximum atomic E-state index is 11.4. The van der Waals surface area contributed by atoms with Crippen LogP contribution in [0.5, 0.6) is 0 Å². The molecule has 0 aliphatic carbocycles. The van der Waals surface area contributed by atoms with Gasteiger partial charge in [-0.3, -0.25) is 9.48 Å². The van der Waals surface area contributed by atoms with Gasteiger partial charge >= 0.3 is 0 Å². The summed E-state index contributed by atoms with van der Waals surface area (Å²) in [5.41, 5.74) is 2.52. The minimum Gasteiger partial charge on any atom is -0.325 e. The largest absolute Gasteiger partial charge is 0.325 e. The number of benzene rings is 1. The molecule has 1 N–H and O–H groups in total. The van der Waals surface area contributed by atoms with Crippen LogP contribution >= 0.6 is 15.9 Å². The standard InChI is InChI=1S/C13H11BrN4O/c1-18-13(11(14)8-16-18)9-3-2-4-10(7-9)17-12(19)5-6-15/h2-4,7-8H,5H2,1H3,(H,17,19). The zero-order valence-electron chi connectivity index (χ0n) is 10.2. The molecule has 1 heterocycles. The van der Waals surface area contributed by atoms with Crippen molar-refractivity contribution in [2.45, 2.75) is 6.42 Å². The van der Waals surface area contributed by atoms with Gasteiger partial charge in [0.15, 0.2) is 0 Å². The summed E-state index contributed by atoms with van der Waals surface area (Å²) >= 11 is 3.44. The lowest BCUT2D eigenvalue weighted by Crippen LogP contribution is -2.10. The van der Waals surface area contributed by atoms with Gasteiger partial charge in [-0.05, 0) is 28.1 Å². The Morgan fingerprint density at radius 1 is 1.58 bits per heavy atom. The number of anilines is 1. The van der Waals surface area contributed by atoms with Crippen molar-refractivity contribution in [2.24, 2.45) is 7.05 Å². The number of aromatic nitrogens is 2. The number of hydrogen-bond acceptors (Lipinski definition) is 3. The molecule has 19 heavy (non-hydrogen) atoms. The number of nitrogens with zero attached hydrogens (tertiary/aromatic N) is 3. The Hall–Kier alpha value is -2.13. The van der Waals surface area contributed by atoms with Crippen molar-refractivity contribution in [1.29, 1.82) is 5.26 Å². The van der Waals surface area contributed by atoms with Crippen LogP contribution in [0, 0.1) is 11.3 Å². The van der Waals surface area contributed by atoms with Gasteiger partial charge in [0, 0.05) is 18.3 Å². The predicted octanol–water partition coefficient (Wildman–Crippen LogP) is 2.70. The summed E-state index contributed by atoms with van der Waals surface area (Å²) < 4.78 is 2.64. The van der Waals surface area contributed by atoms with Gasteiger partial charge in [0.1, 0.15) is 6.42 Å². The Balaban J connectivity index is 2.30. The Labute approximate surface area is 119 Å². The average Bonchev–Trinajstić information content (AvgIpc) is 2.69. The molecule has 0 spiro atoms. The van der Waals surface area contributed by atoms with Crippen molar-refractivity contribution < 1.29 is 4.79 Å². The van der Waals surface area contributed by atoms with Gasteiger partial charge in [0.25, 0.3) is 0 Å². The molecule has 0 aliphatic heterocycles. The molecule has 0 unspecified atom stereocenters. The molecule has 0 saturated heterocycles. The summed E-state index contributed by atoms with van der Waals surface area (Å²) in [6, 6.07) is 9.22. The second kappa shape index (κ2) is 5.67. The molecule has 0 aliphatic rings. The minimum absolute atomic E-state index is 0.153. The fourth-order valence-electron chi connectivity index (χ4n) is 1.76. The van der Waals surface area contributed by atoms with E-state index in [1.807, 2.05) is 31.3 Å². The van der Waals surface area contributed by atoms with Gasteiger partial charge in [-0.15, -0.1) is 0 Å². The van der Waals surface area contributed by atoms with Gasteiger partial charge < -0.3 is 5.32 Å². The van der Waals surface area contributed by atoms with E-state index in [1.54, 1.807) is 16.9 Å². The molecule has 2 rings (SSSR count). The average molecular weight is 319 g/mol. The first-order valence-electron chi connectivity index (χ1n) is 5.56. The van der Waals surface area contributed by atoms with Crippen LogP contribution in [0.25, 0.3) is 11.3 Å². The summed E-state index contributed by atoms with van der Waals surface area (Å²) in [5.74, 6) is -0.316. The zero-order chi connectivity index (χ0) is 13.8. The summed E-state index contributed by atoms with van der Waals surface area (Å²) in [4.78, 5) is 11.4. The number of carbonyl (C=O) groups is 1. The highest BCUT2D eigenvalue weighted by Crippen LogP contribution is 2.29. The summed E-state index contributed by atoms with van der Waals surface area (Å²) in [7, 11) is 1.85.